The van der Waals surface area contributed by atoms with E-state index < -0.39 is 0 Å². The van der Waals surface area contributed by atoms with Crippen molar-refractivity contribution in [3.63, 3.8) is 0 Å². The van der Waals surface area contributed by atoms with E-state index in [4.69, 9.17) is 0 Å². The molecule has 1 heterocycles. The van der Waals surface area contributed by atoms with Gasteiger partial charge in [0.2, 0.25) is 0 Å². The van der Waals surface area contributed by atoms with Crippen LogP contribution in [0.5, 0.6) is 0 Å². The maximum Gasteiger partial charge on any atom is 0.150 e. The number of hydrogen-bond acceptors (Lipinski definition) is 4. The number of aromatic nitrogens is 2. The van der Waals surface area contributed by atoms with Crippen LogP contribution in [0.4, 0.5) is 4.39 Å². The van der Waals surface area contributed by atoms with Crippen molar-refractivity contribution in [1.29, 1.82) is 0 Å². The van der Waals surface area contributed by atoms with E-state index in [-0.39, 0.29) is 11.9 Å². The zero-order valence-electron chi connectivity index (χ0n) is 10.1. The molecule has 3 nitrogen and oxygen atoms in total. The molecule has 0 saturated heterocycles. The van der Waals surface area contributed by atoms with Gasteiger partial charge in [-0.05, 0) is 41.5 Å². The average Bonchev–Trinajstić information content (AvgIpc) is 2.84. The molecule has 1 N–H and O–H groups in total. The number of halogens is 2. The summed E-state index contributed by atoms with van der Waals surface area (Å²) in [5.41, 5.74) is 0.485. The van der Waals surface area contributed by atoms with Gasteiger partial charge in [0.1, 0.15) is 10.8 Å². The highest BCUT2D eigenvalue weighted by molar-refractivity contribution is 9.10. The third-order valence-electron chi connectivity index (χ3n) is 2.68. The van der Waals surface area contributed by atoms with Crippen LogP contribution in [-0.2, 0) is 0 Å². The van der Waals surface area contributed by atoms with Gasteiger partial charge in [-0.25, -0.2) is 4.39 Å². The molecule has 0 aliphatic rings. The van der Waals surface area contributed by atoms with Crippen LogP contribution in [0.1, 0.15) is 24.4 Å². The molecule has 0 spiro atoms. The van der Waals surface area contributed by atoms with Crippen molar-refractivity contribution >= 4 is 27.3 Å². The van der Waals surface area contributed by atoms with Crippen molar-refractivity contribution in [2.45, 2.75) is 19.4 Å². The van der Waals surface area contributed by atoms with Crippen LogP contribution in [0.3, 0.4) is 0 Å². The van der Waals surface area contributed by atoms with Crippen molar-refractivity contribution < 1.29 is 4.39 Å². The third-order valence-corrected chi connectivity index (χ3v) is 4.36. The predicted octanol–water partition coefficient (Wildman–Crippen LogP) is 3.78. The first kappa shape index (κ1) is 13.6. The number of nitrogens with one attached hydrogen (secondary N) is 1. The van der Waals surface area contributed by atoms with Crippen LogP contribution in [0.25, 0.3) is 10.6 Å². The standard InChI is InChI=1S/C12H13BrFN3S/c1-3-9(15-2)12-17-16-11(18-12)7-5-4-6-8(13)10(7)14/h4-6,9,15H,3H2,1-2H3. The molecule has 1 atom stereocenters. The summed E-state index contributed by atoms with van der Waals surface area (Å²) < 4.78 is 14.4. The molecule has 2 rings (SSSR count). The maximum atomic E-state index is 13.9. The first-order valence-corrected chi connectivity index (χ1v) is 7.23. The number of hydrogen-bond donors (Lipinski definition) is 1. The molecule has 0 saturated carbocycles. The lowest BCUT2D eigenvalue weighted by molar-refractivity contribution is 0.568. The van der Waals surface area contributed by atoms with Gasteiger partial charge in [0.05, 0.1) is 10.5 Å². The number of nitrogens with zero attached hydrogens (tertiary/aromatic N) is 2. The molecular weight excluding hydrogens is 317 g/mol. The largest absolute Gasteiger partial charge is 0.311 e. The van der Waals surface area contributed by atoms with Crippen LogP contribution in [0.15, 0.2) is 22.7 Å². The van der Waals surface area contributed by atoms with Crippen LogP contribution in [-0.4, -0.2) is 17.2 Å². The van der Waals surface area contributed by atoms with E-state index in [0.717, 1.165) is 11.4 Å². The molecule has 1 unspecified atom stereocenters. The van der Waals surface area contributed by atoms with E-state index >= 15 is 0 Å². The van der Waals surface area contributed by atoms with E-state index in [1.807, 2.05) is 7.05 Å². The lowest BCUT2D eigenvalue weighted by Gasteiger charge is -2.08. The topological polar surface area (TPSA) is 37.8 Å². The fourth-order valence-electron chi connectivity index (χ4n) is 1.66. The van der Waals surface area contributed by atoms with Gasteiger partial charge in [0.25, 0.3) is 0 Å². The Hall–Kier alpha value is -0.850. The Balaban J connectivity index is 2.38. The van der Waals surface area contributed by atoms with Crippen LogP contribution in [0, 0.1) is 5.82 Å². The summed E-state index contributed by atoms with van der Waals surface area (Å²) in [4.78, 5) is 0. The molecular formula is C12H13BrFN3S. The molecule has 0 aliphatic heterocycles. The molecule has 0 radical (unpaired) electrons. The van der Waals surface area contributed by atoms with Crippen molar-refractivity contribution in [2.75, 3.05) is 7.05 Å². The predicted molar refractivity (Wildman–Crippen MR) is 75.1 cm³/mol. The lowest BCUT2D eigenvalue weighted by Crippen LogP contribution is -2.14. The van der Waals surface area contributed by atoms with E-state index in [9.17, 15) is 4.39 Å². The van der Waals surface area contributed by atoms with Gasteiger partial charge >= 0.3 is 0 Å². The molecule has 0 fully saturated rings. The van der Waals surface area contributed by atoms with Gasteiger partial charge in [-0.3, -0.25) is 0 Å². The van der Waals surface area contributed by atoms with E-state index in [2.05, 4.69) is 38.4 Å². The minimum atomic E-state index is -0.294. The second-order valence-electron chi connectivity index (χ2n) is 3.80. The summed E-state index contributed by atoms with van der Waals surface area (Å²) in [6.07, 6.45) is 0.923. The van der Waals surface area contributed by atoms with E-state index in [0.29, 0.717) is 15.0 Å². The quantitative estimate of drug-likeness (QED) is 0.927. The molecule has 18 heavy (non-hydrogen) atoms. The Morgan fingerprint density at radius 1 is 1.44 bits per heavy atom. The highest BCUT2D eigenvalue weighted by atomic mass is 79.9. The van der Waals surface area contributed by atoms with Crippen molar-refractivity contribution in [3.05, 3.63) is 33.5 Å². The number of benzene rings is 1. The Morgan fingerprint density at radius 2 is 2.22 bits per heavy atom. The Bertz CT molecular complexity index is 540. The highest BCUT2D eigenvalue weighted by Gasteiger charge is 2.16. The summed E-state index contributed by atoms with van der Waals surface area (Å²) in [7, 11) is 1.88. The first-order valence-electron chi connectivity index (χ1n) is 5.62. The monoisotopic (exact) mass is 329 g/mol. The zero-order valence-corrected chi connectivity index (χ0v) is 12.5. The van der Waals surface area contributed by atoms with Crippen LogP contribution >= 0.6 is 27.3 Å². The van der Waals surface area contributed by atoms with Crippen molar-refractivity contribution in [1.82, 2.24) is 15.5 Å². The molecule has 2 aromatic rings. The Kier molecular flexibility index (Phi) is 4.42. The van der Waals surface area contributed by atoms with E-state index in [1.165, 1.54) is 11.3 Å². The Labute approximate surface area is 118 Å². The van der Waals surface area contributed by atoms with E-state index in [1.54, 1.807) is 18.2 Å². The van der Waals surface area contributed by atoms with Gasteiger partial charge in [0, 0.05) is 5.56 Å². The summed E-state index contributed by atoms with van der Waals surface area (Å²) in [5.74, 6) is -0.294. The molecule has 6 heteroatoms. The summed E-state index contributed by atoms with van der Waals surface area (Å²) in [5, 5.41) is 12.9. The molecule has 0 bridgehead atoms. The zero-order chi connectivity index (χ0) is 13.1. The minimum absolute atomic E-state index is 0.173. The summed E-state index contributed by atoms with van der Waals surface area (Å²) in [6, 6.07) is 5.35. The van der Waals surface area contributed by atoms with Gasteiger partial charge in [0.15, 0.2) is 5.01 Å². The van der Waals surface area contributed by atoms with Crippen LogP contribution < -0.4 is 5.32 Å². The average molecular weight is 330 g/mol. The smallest absolute Gasteiger partial charge is 0.150 e. The molecule has 96 valence electrons. The Morgan fingerprint density at radius 3 is 2.89 bits per heavy atom. The van der Waals surface area contributed by atoms with Crippen molar-refractivity contribution in [2.24, 2.45) is 0 Å². The molecule has 0 amide bonds. The molecule has 1 aromatic carbocycles. The van der Waals surface area contributed by atoms with Crippen LogP contribution in [0.2, 0.25) is 0 Å². The van der Waals surface area contributed by atoms with Crippen molar-refractivity contribution in [3.8, 4) is 10.6 Å². The lowest BCUT2D eigenvalue weighted by atomic mass is 10.2. The maximum absolute atomic E-state index is 13.9. The minimum Gasteiger partial charge on any atom is -0.311 e. The van der Waals surface area contributed by atoms with Gasteiger partial charge in [-0.1, -0.05) is 24.3 Å². The normalized spacial score (nSPS) is 12.7. The SMILES string of the molecule is CCC(NC)c1nnc(-c2cccc(Br)c2F)s1. The fraction of sp³-hybridized carbons (Fsp3) is 0.333. The van der Waals surface area contributed by atoms with Gasteiger partial charge in [-0.2, -0.15) is 0 Å². The third kappa shape index (κ3) is 2.60. The van der Waals surface area contributed by atoms with Gasteiger partial charge in [-0.15, -0.1) is 10.2 Å². The fourth-order valence-corrected chi connectivity index (χ4v) is 3.08. The summed E-state index contributed by atoms with van der Waals surface area (Å²) >= 11 is 4.60. The molecule has 0 aliphatic carbocycles. The first-order chi connectivity index (χ1) is 8.67. The summed E-state index contributed by atoms with van der Waals surface area (Å²) in [6.45, 7) is 2.07. The van der Waals surface area contributed by atoms with Gasteiger partial charge < -0.3 is 5.32 Å². The number of rotatable bonds is 4. The highest BCUT2D eigenvalue weighted by Crippen LogP contribution is 2.32. The molecule has 1 aromatic heterocycles. The second-order valence-corrected chi connectivity index (χ2v) is 5.66. The second kappa shape index (κ2) is 5.86.